The second-order valence-electron chi connectivity index (χ2n) is 5.91. The van der Waals surface area contributed by atoms with Crippen molar-refractivity contribution in [3.63, 3.8) is 0 Å². The molecule has 0 aromatic carbocycles. The highest BCUT2D eigenvalue weighted by molar-refractivity contribution is 5.82. The lowest BCUT2D eigenvalue weighted by Crippen LogP contribution is -2.21. The van der Waals surface area contributed by atoms with Crippen molar-refractivity contribution in [3.05, 3.63) is 24.3 Å². The average Bonchev–Trinajstić information content (AvgIpc) is 2.76. The quantitative estimate of drug-likeness (QED) is 0.526. The highest BCUT2D eigenvalue weighted by Crippen LogP contribution is 2.36. The lowest BCUT2D eigenvalue weighted by atomic mass is 9.90. The van der Waals surface area contributed by atoms with Crippen LogP contribution in [0.15, 0.2) is 24.3 Å². The van der Waals surface area contributed by atoms with Crippen LogP contribution in [0.25, 0.3) is 0 Å². The number of ether oxygens (including phenoxy) is 1. The first-order valence-electron chi connectivity index (χ1n) is 7.48. The summed E-state index contributed by atoms with van der Waals surface area (Å²) in [5.41, 5.74) is 0. The zero-order chi connectivity index (χ0) is 14.5. The lowest BCUT2D eigenvalue weighted by Gasteiger charge is -2.19. The third kappa shape index (κ3) is 4.18. The zero-order valence-corrected chi connectivity index (χ0v) is 11.9. The van der Waals surface area contributed by atoms with Crippen LogP contribution in [0.3, 0.4) is 0 Å². The van der Waals surface area contributed by atoms with Crippen molar-refractivity contribution in [2.75, 3.05) is 0 Å². The fraction of sp³-hybridized carbons (Fsp3) is 0.688. The Morgan fingerprint density at radius 1 is 1.25 bits per heavy atom. The predicted octanol–water partition coefficient (Wildman–Crippen LogP) is 1.96. The molecule has 1 aliphatic heterocycles. The van der Waals surface area contributed by atoms with E-state index in [0.717, 1.165) is 19.3 Å². The molecule has 0 spiro atoms. The molecule has 1 saturated carbocycles. The van der Waals surface area contributed by atoms with Gasteiger partial charge in [0.05, 0.1) is 18.3 Å². The van der Waals surface area contributed by atoms with Crippen LogP contribution >= 0.6 is 0 Å². The third-order valence-corrected chi connectivity index (χ3v) is 4.19. The molecule has 5 atom stereocenters. The van der Waals surface area contributed by atoms with E-state index in [-0.39, 0.29) is 24.0 Å². The average molecular weight is 280 g/mol. The van der Waals surface area contributed by atoms with E-state index in [1.807, 2.05) is 6.92 Å². The van der Waals surface area contributed by atoms with Gasteiger partial charge < -0.3 is 14.9 Å². The molecule has 0 amide bonds. The van der Waals surface area contributed by atoms with Gasteiger partial charge in [0.15, 0.2) is 0 Å². The van der Waals surface area contributed by atoms with Crippen molar-refractivity contribution in [3.8, 4) is 0 Å². The fourth-order valence-electron chi connectivity index (χ4n) is 3.10. The number of carbonyl (C=O) groups excluding carboxylic acids is 1. The second-order valence-corrected chi connectivity index (χ2v) is 5.91. The number of rotatable bonds is 0. The van der Waals surface area contributed by atoms with Gasteiger partial charge in [-0.15, -0.1) is 0 Å². The van der Waals surface area contributed by atoms with Gasteiger partial charge in [0.25, 0.3) is 0 Å². The normalized spacial score (nSPS) is 42.5. The Labute approximate surface area is 120 Å². The summed E-state index contributed by atoms with van der Waals surface area (Å²) in [5, 5.41) is 20.0. The summed E-state index contributed by atoms with van der Waals surface area (Å²) in [5.74, 6) is -0.249. The molecule has 0 aromatic heterocycles. The maximum Gasteiger partial charge on any atom is 0.330 e. The van der Waals surface area contributed by atoms with E-state index in [0.29, 0.717) is 12.8 Å². The Hall–Kier alpha value is -1.13. The van der Waals surface area contributed by atoms with E-state index < -0.39 is 12.1 Å². The van der Waals surface area contributed by atoms with Gasteiger partial charge in [-0.05, 0) is 56.9 Å². The van der Waals surface area contributed by atoms with E-state index in [2.05, 4.69) is 12.2 Å². The molecule has 4 nitrogen and oxygen atoms in total. The van der Waals surface area contributed by atoms with E-state index in [9.17, 15) is 15.0 Å². The molecule has 20 heavy (non-hydrogen) atoms. The second kappa shape index (κ2) is 7.04. The minimum atomic E-state index is -0.717. The molecule has 0 radical (unpaired) electrons. The lowest BCUT2D eigenvalue weighted by molar-refractivity contribution is -0.142. The number of fused-ring (bicyclic) bond motifs is 1. The Bertz CT molecular complexity index is 388. The minimum absolute atomic E-state index is 0.0246. The summed E-state index contributed by atoms with van der Waals surface area (Å²) >= 11 is 0. The predicted molar refractivity (Wildman–Crippen MR) is 75.9 cm³/mol. The van der Waals surface area contributed by atoms with Crippen molar-refractivity contribution in [1.82, 2.24) is 0 Å². The molecular formula is C16H24O4. The standard InChI is InChI=1S/C16H24O4/c1-11-5-3-2-4-6-12-9-13(17)10-14(12)15(18)7-8-16(19)20-11/h4,6-8,11-15,17-18H,2-3,5,9-10H2,1H3/b6-4+,8-7-/t11-,12-,13+,14+,15-/m1/s1. The van der Waals surface area contributed by atoms with Crippen LogP contribution < -0.4 is 0 Å². The first-order chi connectivity index (χ1) is 9.56. The summed E-state index contributed by atoms with van der Waals surface area (Å²) in [6.07, 6.45) is 9.87. The van der Waals surface area contributed by atoms with Crippen molar-refractivity contribution in [2.45, 2.75) is 57.3 Å². The van der Waals surface area contributed by atoms with Crippen LogP contribution in [-0.2, 0) is 9.53 Å². The zero-order valence-electron chi connectivity index (χ0n) is 11.9. The van der Waals surface area contributed by atoms with Crippen molar-refractivity contribution >= 4 is 5.97 Å². The number of allylic oxidation sites excluding steroid dienone is 2. The van der Waals surface area contributed by atoms with Crippen molar-refractivity contribution in [2.24, 2.45) is 11.8 Å². The van der Waals surface area contributed by atoms with E-state index in [1.165, 1.54) is 12.2 Å². The molecule has 4 heteroatoms. The molecule has 2 rings (SSSR count). The molecule has 0 saturated heterocycles. The molecule has 112 valence electrons. The van der Waals surface area contributed by atoms with Crippen LogP contribution in [-0.4, -0.2) is 34.5 Å². The molecule has 1 fully saturated rings. The molecule has 1 aliphatic carbocycles. The van der Waals surface area contributed by atoms with Gasteiger partial charge in [0.1, 0.15) is 0 Å². The minimum Gasteiger partial charge on any atom is -0.460 e. The maximum atomic E-state index is 11.6. The van der Waals surface area contributed by atoms with Gasteiger partial charge in [-0.25, -0.2) is 4.79 Å². The van der Waals surface area contributed by atoms with Crippen LogP contribution in [0.1, 0.15) is 39.0 Å². The van der Waals surface area contributed by atoms with Crippen LogP contribution in [0.4, 0.5) is 0 Å². The molecule has 0 bridgehead atoms. The summed E-state index contributed by atoms with van der Waals surface area (Å²) in [6, 6.07) is 0. The monoisotopic (exact) mass is 280 g/mol. The number of esters is 1. The number of aliphatic hydroxyl groups excluding tert-OH is 2. The molecule has 0 aromatic rings. The molecule has 2 aliphatic rings. The van der Waals surface area contributed by atoms with E-state index >= 15 is 0 Å². The Kier molecular flexibility index (Phi) is 5.38. The summed E-state index contributed by atoms with van der Waals surface area (Å²) in [7, 11) is 0. The van der Waals surface area contributed by atoms with Gasteiger partial charge in [-0.3, -0.25) is 0 Å². The number of hydrogen-bond donors (Lipinski definition) is 2. The first kappa shape index (κ1) is 15.3. The molecule has 2 N–H and O–H groups in total. The van der Waals surface area contributed by atoms with E-state index in [1.54, 1.807) is 0 Å². The molecule has 1 heterocycles. The van der Waals surface area contributed by atoms with Crippen LogP contribution in [0.2, 0.25) is 0 Å². The van der Waals surface area contributed by atoms with Gasteiger partial charge in [-0.1, -0.05) is 12.2 Å². The van der Waals surface area contributed by atoms with Crippen LogP contribution in [0, 0.1) is 11.8 Å². The van der Waals surface area contributed by atoms with Crippen LogP contribution in [0.5, 0.6) is 0 Å². The number of hydrogen-bond acceptors (Lipinski definition) is 4. The molecular weight excluding hydrogens is 256 g/mol. The SMILES string of the molecule is C[C@@H]1CCC/C=C/[C@@H]2C[C@H](O)C[C@@H]2[C@H](O)/C=C\C(=O)O1. The Morgan fingerprint density at radius 3 is 2.85 bits per heavy atom. The maximum absolute atomic E-state index is 11.6. The highest BCUT2D eigenvalue weighted by Gasteiger charge is 2.35. The van der Waals surface area contributed by atoms with Gasteiger partial charge >= 0.3 is 5.97 Å². The van der Waals surface area contributed by atoms with E-state index in [4.69, 9.17) is 4.74 Å². The summed E-state index contributed by atoms with van der Waals surface area (Å²) < 4.78 is 5.23. The van der Waals surface area contributed by atoms with Crippen molar-refractivity contribution in [1.29, 1.82) is 0 Å². The van der Waals surface area contributed by atoms with Gasteiger partial charge in [0, 0.05) is 6.08 Å². The van der Waals surface area contributed by atoms with Crippen molar-refractivity contribution < 1.29 is 19.7 Å². The Morgan fingerprint density at radius 2 is 2.05 bits per heavy atom. The number of aliphatic hydroxyl groups is 2. The van der Waals surface area contributed by atoms with Gasteiger partial charge in [0.2, 0.25) is 0 Å². The summed E-state index contributed by atoms with van der Waals surface area (Å²) in [6.45, 7) is 1.89. The third-order valence-electron chi connectivity index (χ3n) is 4.19. The number of carbonyl (C=O) groups is 1. The number of cyclic esters (lactones) is 1. The topological polar surface area (TPSA) is 66.8 Å². The Balaban J connectivity index is 2.11. The summed E-state index contributed by atoms with van der Waals surface area (Å²) in [4.78, 5) is 11.6. The van der Waals surface area contributed by atoms with Gasteiger partial charge in [-0.2, -0.15) is 0 Å². The fourth-order valence-corrected chi connectivity index (χ4v) is 3.10. The first-order valence-corrected chi connectivity index (χ1v) is 7.48. The molecule has 0 unspecified atom stereocenters. The smallest absolute Gasteiger partial charge is 0.330 e. The largest absolute Gasteiger partial charge is 0.460 e. The highest BCUT2D eigenvalue weighted by atomic mass is 16.5.